The van der Waals surface area contributed by atoms with E-state index >= 15 is 0 Å². The number of rotatable bonds is 7. The molecule has 124 valence electrons. The van der Waals surface area contributed by atoms with Crippen molar-refractivity contribution in [2.24, 2.45) is 7.05 Å². The van der Waals surface area contributed by atoms with Gasteiger partial charge in [0.2, 0.25) is 5.91 Å². The molecule has 0 fully saturated rings. The molecule has 0 spiro atoms. The molecule has 0 radical (unpaired) electrons. The Balaban J connectivity index is 1.80. The Kier molecular flexibility index (Phi) is 5.55. The molecular formula is C18H25N3O2. The quantitative estimate of drug-likeness (QED) is 0.820. The fourth-order valence-electron chi connectivity index (χ4n) is 2.36. The number of nitrogens with one attached hydrogen (secondary N) is 1. The van der Waals surface area contributed by atoms with Crippen LogP contribution in [0.4, 0.5) is 0 Å². The fraction of sp³-hybridized carbons (Fsp3) is 0.444. The molecule has 1 heterocycles. The van der Waals surface area contributed by atoms with Gasteiger partial charge >= 0.3 is 0 Å². The molecule has 2 rings (SSSR count). The summed E-state index contributed by atoms with van der Waals surface area (Å²) in [6, 6.07) is 8.33. The van der Waals surface area contributed by atoms with Crippen LogP contribution in [0.5, 0.6) is 0 Å². The van der Waals surface area contributed by atoms with Crippen molar-refractivity contribution in [3.05, 3.63) is 53.3 Å². The highest BCUT2D eigenvalue weighted by Crippen LogP contribution is 2.18. The van der Waals surface area contributed by atoms with Crippen LogP contribution in [-0.4, -0.2) is 27.3 Å². The van der Waals surface area contributed by atoms with E-state index in [9.17, 15) is 9.90 Å². The summed E-state index contributed by atoms with van der Waals surface area (Å²) in [5, 5.41) is 17.3. The van der Waals surface area contributed by atoms with Gasteiger partial charge in [-0.15, -0.1) is 0 Å². The second-order valence-corrected chi connectivity index (χ2v) is 6.12. The Morgan fingerprint density at radius 2 is 1.96 bits per heavy atom. The Hall–Kier alpha value is -2.14. The molecule has 2 N–H and O–H groups in total. The van der Waals surface area contributed by atoms with Gasteiger partial charge in [-0.3, -0.25) is 9.48 Å². The average Bonchev–Trinajstić information content (AvgIpc) is 2.99. The number of aromatic nitrogens is 2. The minimum absolute atomic E-state index is 0.0614. The largest absolute Gasteiger partial charge is 0.383 e. The van der Waals surface area contributed by atoms with E-state index in [1.165, 1.54) is 5.56 Å². The molecule has 0 aliphatic rings. The number of aliphatic hydroxyl groups is 1. The third kappa shape index (κ3) is 4.93. The number of hydrogen-bond donors (Lipinski definition) is 2. The average molecular weight is 315 g/mol. The second-order valence-electron chi connectivity index (χ2n) is 6.12. The summed E-state index contributed by atoms with van der Waals surface area (Å²) < 4.78 is 1.63. The van der Waals surface area contributed by atoms with E-state index in [0.717, 1.165) is 12.0 Å². The van der Waals surface area contributed by atoms with Gasteiger partial charge in [-0.25, -0.2) is 0 Å². The van der Waals surface area contributed by atoms with Crippen LogP contribution < -0.4 is 5.32 Å². The molecule has 1 amide bonds. The highest BCUT2D eigenvalue weighted by atomic mass is 16.3. The molecule has 2 aromatic rings. The minimum atomic E-state index is -1.12. The van der Waals surface area contributed by atoms with Gasteiger partial charge in [0.1, 0.15) is 5.60 Å². The van der Waals surface area contributed by atoms with Crippen molar-refractivity contribution in [2.75, 3.05) is 6.54 Å². The van der Waals surface area contributed by atoms with Gasteiger partial charge in [0.05, 0.1) is 12.7 Å². The number of carbonyl (C=O) groups is 1. The van der Waals surface area contributed by atoms with Gasteiger partial charge in [-0.2, -0.15) is 5.10 Å². The molecule has 0 saturated carbocycles. The van der Waals surface area contributed by atoms with E-state index < -0.39 is 5.60 Å². The predicted octanol–water partition coefficient (Wildman–Crippen LogP) is 1.94. The summed E-state index contributed by atoms with van der Waals surface area (Å²) in [5.41, 5.74) is 2.02. The summed E-state index contributed by atoms with van der Waals surface area (Å²) in [4.78, 5) is 12.0. The zero-order valence-electron chi connectivity index (χ0n) is 14.0. The van der Waals surface area contributed by atoms with Crippen molar-refractivity contribution < 1.29 is 9.90 Å². The molecule has 5 heteroatoms. The number of hydrogen-bond acceptors (Lipinski definition) is 3. The number of amides is 1. The topological polar surface area (TPSA) is 67.2 Å². The van der Waals surface area contributed by atoms with Gasteiger partial charge in [-0.05, 0) is 30.9 Å². The molecule has 0 aliphatic carbocycles. The molecule has 1 atom stereocenters. The third-order valence-electron chi connectivity index (χ3n) is 4.03. The lowest BCUT2D eigenvalue weighted by Gasteiger charge is -2.22. The summed E-state index contributed by atoms with van der Waals surface area (Å²) >= 11 is 0. The van der Waals surface area contributed by atoms with E-state index in [-0.39, 0.29) is 12.5 Å². The summed E-state index contributed by atoms with van der Waals surface area (Å²) in [7, 11) is 1.79. The lowest BCUT2D eigenvalue weighted by Crippen LogP contribution is -2.38. The van der Waals surface area contributed by atoms with E-state index in [0.29, 0.717) is 18.4 Å². The zero-order chi connectivity index (χ0) is 16.9. The third-order valence-corrected chi connectivity index (χ3v) is 4.03. The first-order valence-corrected chi connectivity index (χ1v) is 7.96. The molecule has 23 heavy (non-hydrogen) atoms. The highest BCUT2D eigenvalue weighted by Gasteiger charge is 2.25. The van der Waals surface area contributed by atoms with E-state index in [2.05, 4.69) is 41.6 Å². The van der Waals surface area contributed by atoms with E-state index in [4.69, 9.17) is 0 Å². The monoisotopic (exact) mass is 315 g/mol. The van der Waals surface area contributed by atoms with Crippen LogP contribution >= 0.6 is 0 Å². The smallest absolute Gasteiger partial charge is 0.220 e. The van der Waals surface area contributed by atoms with E-state index in [1.807, 2.05) is 0 Å². The standard InChI is InChI=1S/C18H25N3O2/c1-4-14-5-7-15(8-6-14)9-10-17(22)19-13-18(2,23)16-11-20-21(3)12-16/h5-8,11-12,23H,4,9-10,13H2,1-3H3,(H,19,22). The molecule has 0 saturated heterocycles. The van der Waals surface area contributed by atoms with Gasteiger partial charge < -0.3 is 10.4 Å². The van der Waals surface area contributed by atoms with Crippen molar-refractivity contribution in [1.29, 1.82) is 0 Å². The van der Waals surface area contributed by atoms with Crippen molar-refractivity contribution >= 4 is 5.91 Å². The molecule has 1 unspecified atom stereocenters. The summed E-state index contributed by atoms with van der Waals surface area (Å²) in [6.07, 6.45) is 5.49. The Morgan fingerprint density at radius 3 is 2.52 bits per heavy atom. The predicted molar refractivity (Wildman–Crippen MR) is 89.9 cm³/mol. The Bertz CT molecular complexity index is 645. The molecular weight excluding hydrogens is 290 g/mol. The molecule has 5 nitrogen and oxygen atoms in total. The van der Waals surface area contributed by atoms with Crippen molar-refractivity contribution in [1.82, 2.24) is 15.1 Å². The lowest BCUT2D eigenvalue weighted by atomic mass is 9.99. The van der Waals surface area contributed by atoms with Crippen LogP contribution in [0.1, 0.15) is 37.0 Å². The highest BCUT2D eigenvalue weighted by molar-refractivity contribution is 5.76. The number of nitrogens with zero attached hydrogens (tertiary/aromatic N) is 2. The Labute approximate surface area is 137 Å². The lowest BCUT2D eigenvalue weighted by molar-refractivity contribution is -0.122. The molecule has 0 aliphatic heterocycles. The maximum atomic E-state index is 12.0. The van der Waals surface area contributed by atoms with Gasteiger partial charge in [-0.1, -0.05) is 31.2 Å². The normalized spacial score (nSPS) is 13.6. The molecule has 1 aromatic carbocycles. The summed E-state index contributed by atoms with van der Waals surface area (Å²) in [5.74, 6) is -0.0614. The number of aryl methyl sites for hydroxylation is 3. The first-order valence-electron chi connectivity index (χ1n) is 7.96. The van der Waals surface area contributed by atoms with Crippen molar-refractivity contribution in [3.63, 3.8) is 0 Å². The number of carbonyl (C=O) groups excluding carboxylic acids is 1. The number of benzene rings is 1. The van der Waals surface area contributed by atoms with Crippen LogP contribution in [0.25, 0.3) is 0 Å². The van der Waals surface area contributed by atoms with Crippen LogP contribution in [0.15, 0.2) is 36.7 Å². The SMILES string of the molecule is CCc1ccc(CCC(=O)NCC(C)(O)c2cnn(C)c2)cc1. The van der Waals surface area contributed by atoms with Gasteiger partial charge in [0.25, 0.3) is 0 Å². The summed E-state index contributed by atoms with van der Waals surface area (Å²) in [6.45, 7) is 3.97. The Morgan fingerprint density at radius 1 is 1.30 bits per heavy atom. The van der Waals surface area contributed by atoms with Crippen LogP contribution in [-0.2, 0) is 30.3 Å². The van der Waals surface area contributed by atoms with Crippen molar-refractivity contribution in [2.45, 2.75) is 38.7 Å². The maximum Gasteiger partial charge on any atom is 0.220 e. The zero-order valence-corrected chi connectivity index (χ0v) is 14.0. The van der Waals surface area contributed by atoms with Gasteiger partial charge in [0, 0.05) is 25.2 Å². The first-order chi connectivity index (χ1) is 10.9. The van der Waals surface area contributed by atoms with Gasteiger partial charge in [0.15, 0.2) is 0 Å². The van der Waals surface area contributed by atoms with Crippen LogP contribution in [0, 0.1) is 0 Å². The minimum Gasteiger partial charge on any atom is -0.383 e. The fourth-order valence-corrected chi connectivity index (χ4v) is 2.36. The van der Waals surface area contributed by atoms with Crippen molar-refractivity contribution in [3.8, 4) is 0 Å². The first kappa shape index (κ1) is 17.2. The second kappa shape index (κ2) is 7.42. The molecule has 0 bridgehead atoms. The maximum absolute atomic E-state index is 12.0. The van der Waals surface area contributed by atoms with Crippen LogP contribution in [0.3, 0.4) is 0 Å². The molecule has 1 aromatic heterocycles. The van der Waals surface area contributed by atoms with Crippen LogP contribution in [0.2, 0.25) is 0 Å². The van der Waals surface area contributed by atoms with E-state index in [1.54, 1.807) is 31.0 Å².